The molecule has 0 bridgehead atoms. The fourth-order valence-corrected chi connectivity index (χ4v) is 12.5. The maximum absolute atomic E-state index is 9.93. The summed E-state index contributed by atoms with van der Waals surface area (Å²) in [6.07, 6.45) is 4.31. The Labute approximate surface area is 823 Å². The maximum atomic E-state index is 9.93. The van der Waals surface area contributed by atoms with Gasteiger partial charge in [0.2, 0.25) is 5.75 Å². The number of hydrogen-bond acceptors (Lipinski definition) is 12. The van der Waals surface area contributed by atoms with Crippen LogP contribution >= 0.6 is 46.4 Å². The van der Waals surface area contributed by atoms with Crippen molar-refractivity contribution in [3.63, 3.8) is 0 Å². The number of carboxylic acid groups (broad SMARTS) is 6. The molecule has 6 atom stereocenters. The Bertz CT molecular complexity index is 4090. The molecule has 9 N–H and O–H groups in total. The Kier molecular flexibility index (Phi) is 70.8. The Balaban J connectivity index is -0.000000337. The molecule has 0 saturated heterocycles. The average Bonchev–Trinajstić information content (AvgIpc) is 0.789. The van der Waals surface area contributed by atoms with Crippen molar-refractivity contribution in [3.8, 4) is 17.2 Å². The molecular weight excluding hydrogens is 1770 g/mol. The molecule has 0 spiro atoms. The first-order chi connectivity index (χ1) is 60.9. The lowest BCUT2D eigenvalue weighted by Crippen LogP contribution is -2.52. The molecular formula is C105H182Cl4N6O18+6. The fraction of sp³-hybridized carbons (Fsp3) is 0.600. The van der Waals surface area contributed by atoms with Gasteiger partial charge in [-0.3, -0.25) is 28.8 Å². The molecule has 0 aromatic heterocycles. The van der Waals surface area contributed by atoms with E-state index in [0.717, 1.165) is 116 Å². The van der Waals surface area contributed by atoms with E-state index in [9.17, 15) is 44.1 Å². The van der Waals surface area contributed by atoms with Gasteiger partial charge in [-0.2, -0.15) is 0 Å². The van der Waals surface area contributed by atoms with Crippen LogP contribution in [0.4, 0.5) is 0 Å². The van der Waals surface area contributed by atoms with Crippen molar-refractivity contribution in [2.75, 3.05) is 166 Å². The van der Waals surface area contributed by atoms with Gasteiger partial charge in [-0.1, -0.05) is 184 Å². The number of aliphatic hydroxyl groups is 3. The molecule has 0 radical (unpaired) electrons. The lowest BCUT2D eigenvalue weighted by atomic mass is 9.89. The predicted octanol–water partition coefficient (Wildman–Crippen LogP) is 21.6. The van der Waals surface area contributed by atoms with E-state index in [2.05, 4.69) is 192 Å². The van der Waals surface area contributed by atoms with E-state index in [4.69, 9.17) is 91.3 Å². The van der Waals surface area contributed by atoms with Crippen LogP contribution in [0.15, 0.2) is 84.9 Å². The summed E-state index contributed by atoms with van der Waals surface area (Å²) in [5, 5.41) is 79.5. The number of aryl methyl sites for hydroxylation is 4. The third-order valence-electron chi connectivity index (χ3n) is 21.6. The Morgan fingerprint density at radius 2 is 0.624 bits per heavy atom. The quantitative estimate of drug-likeness (QED) is 0.0173. The molecule has 6 aromatic carbocycles. The highest BCUT2D eigenvalue weighted by atomic mass is 35.5. The van der Waals surface area contributed by atoms with Crippen LogP contribution in [0, 0.1) is 97.8 Å². The summed E-state index contributed by atoms with van der Waals surface area (Å²) < 4.78 is 21.0. The molecule has 0 amide bonds. The highest BCUT2D eigenvalue weighted by molar-refractivity contribution is 6.42. The first-order valence-electron chi connectivity index (χ1n) is 45.8. The normalized spacial score (nSPS) is 12.3. The highest BCUT2D eigenvalue weighted by Gasteiger charge is 2.28. The number of halogens is 4. The first kappa shape index (κ1) is 136. The topological polar surface area (TPSA) is 312 Å². The smallest absolute Gasteiger partial charge is 0.306 e. The van der Waals surface area contributed by atoms with Crippen molar-refractivity contribution in [2.45, 2.75) is 223 Å². The van der Waals surface area contributed by atoms with Crippen molar-refractivity contribution >= 4 is 82.2 Å². The van der Waals surface area contributed by atoms with Gasteiger partial charge in [0.05, 0.1) is 197 Å². The van der Waals surface area contributed by atoms with Crippen LogP contribution in [0.3, 0.4) is 0 Å². The summed E-state index contributed by atoms with van der Waals surface area (Å²) in [5.41, 5.74) is 20.5. The third-order valence-corrected chi connectivity index (χ3v) is 23.0. The van der Waals surface area contributed by atoms with Gasteiger partial charge in [0, 0.05) is 38.4 Å². The van der Waals surface area contributed by atoms with Crippen LogP contribution in [-0.2, 0) is 68.0 Å². The zero-order chi connectivity index (χ0) is 105. The van der Waals surface area contributed by atoms with Crippen LogP contribution in [0.1, 0.15) is 205 Å². The molecule has 0 aliphatic heterocycles. The summed E-state index contributed by atoms with van der Waals surface area (Å²) in [6.45, 7) is 48.8. The van der Waals surface area contributed by atoms with Crippen LogP contribution in [-0.4, -0.2) is 275 Å². The molecule has 0 aliphatic carbocycles. The minimum absolute atomic E-state index is 0.0614. The number of rotatable bonds is 33. The minimum atomic E-state index is -0.706. The van der Waals surface area contributed by atoms with Crippen LogP contribution in [0.25, 0.3) is 0 Å². The number of aliphatic carboxylic acids is 6. The number of hydrogen-bond donors (Lipinski definition) is 9. The molecule has 6 aromatic rings. The molecule has 0 fully saturated rings. The van der Waals surface area contributed by atoms with E-state index in [-0.39, 0.29) is 55.3 Å². The number of carboxylic acids is 6. The van der Waals surface area contributed by atoms with Gasteiger partial charge < -0.3 is 87.1 Å². The lowest BCUT2D eigenvalue weighted by molar-refractivity contribution is -0.941. The van der Waals surface area contributed by atoms with E-state index in [1.165, 1.54) is 72.3 Å². The first-order valence-corrected chi connectivity index (χ1v) is 47.3. The number of aliphatic hydroxyl groups excluding tert-OH is 3. The summed E-state index contributed by atoms with van der Waals surface area (Å²) >= 11 is 23.6. The standard InChI is InChI=1S/C15H26N.C14H24NO3.C13H22NO3.C13H22N.2C10H14Cl2N.6C5H10O2/c1-10-11(2)13(4)15(9-16(6,7)8)14(5)12(10)3;1-13-4-2-3-5-14(13)12-15(6-9-16,7-10-17)8-11-18;1-14(2,3)9-10-7-11(15-4)13(17-6)12(8-10)16-5;1-10-7-11(2)13(12(3)8-10)9-14(4,5)6;1-13(2,3)7-8-4-5-9(11)6-10(8)12;1-13(2,3)7-8-4-5-9(11)10(12)6-8;6*1-3-4(2)5(6)7/h9H2,1-8H3;2-5,16-18H,6-12H2,1H3;7-8H,9H2,1-6H3;7-8H,9H2,1-6H3;2*4-6H,7H2,1-3H3;6*4H,3H2,1-2H3,(H,6,7)/q6*+1;;;;;;. The van der Waals surface area contributed by atoms with Crippen molar-refractivity contribution in [2.24, 2.45) is 35.5 Å². The van der Waals surface area contributed by atoms with Crippen LogP contribution in [0.2, 0.25) is 20.1 Å². The van der Waals surface area contributed by atoms with Gasteiger partial charge in [0.15, 0.2) is 11.5 Å². The van der Waals surface area contributed by atoms with Crippen LogP contribution in [0.5, 0.6) is 17.2 Å². The van der Waals surface area contributed by atoms with Gasteiger partial charge in [-0.15, -0.1) is 0 Å². The molecule has 6 rings (SSSR count). The lowest BCUT2D eigenvalue weighted by Gasteiger charge is -2.37. The van der Waals surface area contributed by atoms with E-state index < -0.39 is 35.8 Å². The number of nitrogens with zero attached hydrogens (tertiary/aromatic N) is 6. The number of carbonyl (C=O) groups is 6. The number of quaternary nitrogens is 6. The second-order valence-corrected chi connectivity index (χ2v) is 41.1. The van der Waals surface area contributed by atoms with Crippen molar-refractivity contribution in [1.82, 2.24) is 0 Å². The minimum Gasteiger partial charge on any atom is -0.493 e. The monoisotopic (exact) mass is 1960 g/mol. The SMILES string of the molecule is CCC(C)C(=O)O.CCC(C)C(=O)O.CCC(C)C(=O)O.CCC(C)C(=O)O.CCC(C)C(=O)O.CCC(C)C(=O)O.COc1cc(C[N+](C)(C)C)cc(OC)c1OC.C[N+](C)(C)Cc1ccc(Cl)c(Cl)c1.C[N+](C)(C)Cc1ccc(Cl)cc1Cl.Cc1c(C)c(C)c(C[N+](C)(C)C)c(C)c1C.Cc1cc(C)c(C[N+](C)(C)C)c(C)c1.Cc1ccccc1C[N+](CCO)(CCO)CCO. The summed E-state index contributed by atoms with van der Waals surface area (Å²) in [5.74, 6) is -3.27. The van der Waals surface area contributed by atoms with E-state index >= 15 is 0 Å². The van der Waals surface area contributed by atoms with Crippen LogP contribution < -0.4 is 14.2 Å². The Morgan fingerprint density at radius 3 is 0.887 bits per heavy atom. The molecule has 28 heteroatoms. The fourth-order valence-electron chi connectivity index (χ4n) is 11.7. The van der Waals surface area contributed by atoms with Gasteiger partial charge in [0.1, 0.15) is 58.9 Å². The molecule has 0 heterocycles. The largest absolute Gasteiger partial charge is 0.493 e. The Hall–Kier alpha value is -7.66. The summed E-state index contributed by atoms with van der Waals surface area (Å²) in [7, 11) is 37.6. The van der Waals surface area contributed by atoms with E-state index in [1.54, 1.807) is 68.9 Å². The van der Waals surface area contributed by atoms with Gasteiger partial charge in [0.25, 0.3) is 0 Å². The van der Waals surface area contributed by atoms with Crippen molar-refractivity contribution in [1.29, 1.82) is 0 Å². The van der Waals surface area contributed by atoms with Crippen molar-refractivity contribution in [3.05, 3.63) is 188 Å². The number of methoxy groups -OCH3 is 3. The molecule has 24 nitrogen and oxygen atoms in total. The second-order valence-electron chi connectivity index (χ2n) is 39.4. The summed E-state index contributed by atoms with van der Waals surface area (Å²) in [6, 6.07) is 28.1. The van der Waals surface area contributed by atoms with E-state index in [0.29, 0.717) is 56.4 Å². The number of benzene rings is 6. The maximum Gasteiger partial charge on any atom is 0.306 e. The van der Waals surface area contributed by atoms with E-state index in [1.807, 2.05) is 96.1 Å². The predicted molar refractivity (Wildman–Crippen MR) is 552 cm³/mol. The zero-order valence-corrected chi connectivity index (χ0v) is 92.2. The third kappa shape index (κ3) is 64.9. The molecule has 762 valence electrons. The summed E-state index contributed by atoms with van der Waals surface area (Å²) in [4.78, 5) is 59.6. The van der Waals surface area contributed by atoms with Crippen molar-refractivity contribution < 1.29 is 116 Å². The Morgan fingerprint density at radius 1 is 0.316 bits per heavy atom. The van der Waals surface area contributed by atoms with Gasteiger partial charge in [-0.05, 0) is 182 Å². The average molecular weight is 1960 g/mol. The zero-order valence-electron chi connectivity index (χ0n) is 89.2. The molecule has 0 aliphatic rings. The van der Waals surface area contributed by atoms with Gasteiger partial charge in [-0.25, -0.2) is 0 Å². The highest BCUT2D eigenvalue weighted by Crippen LogP contribution is 2.39. The second kappa shape index (κ2) is 69.2. The molecule has 133 heavy (non-hydrogen) atoms. The van der Waals surface area contributed by atoms with Gasteiger partial charge >= 0.3 is 35.8 Å². The molecule has 6 unspecified atom stereocenters. The number of ether oxygens (including phenoxy) is 3. The molecule has 0 saturated carbocycles.